The minimum atomic E-state index is -1.48. The Bertz CT molecular complexity index is 1070. The van der Waals surface area contributed by atoms with E-state index in [9.17, 15) is 29.1 Å². The fraction of sp³-hybridized carbons (Fsp3) is 0.391. The molecular formula is C23H30N6O7S. The molecule has 0 aliphatic heterocycles. The van der Waals surface area contributed by atoms with Crippen LogP contribution in [-0.4, -0.2) is 79.8 Å². The second-order valence-corrected chi connectivity index (χ2v) is 8.58. The van der Waals surface area contributed by atoms with E-state index in [-0.39, 0.29) is 25.0 Å². The summed E-state index contributed by atoms with van der Waals surface area (Å²) in [4.78, 5) is 67.9. The molecule has 3 amide bonds. The number of benzene rings is 1. The largest absolute Gasteiger partial charge is 0.481 e. The summed E-state index contributed by atoms with van der Waals surface area (Å²) in [6, 6.07) is 3.85. The van der Waals surface area contributed by atoms with Crippen molar-refractivity contribution in [2.24, 2.45) is 5.73 Å². The number of nitrogens with zero attached hydrogens (tertiary/aromatic N) is 1. The van der Waals surface area contributed by atoms with Crippen molar-refractivity contribution >= 4 is 42.3 Å². The van der Waals surface area contributed by atoms with Crippen LogP contribution in [0.25, 0.3) is 0 Å². The Morgan fingerprint density at radius 1 is 0.919 bits per heavy atom. The molecule has 2 rings (SSSR count). The Hall–Kier alpha value is -3.91. The molecule has 0 saturated carbocycles. The molecule has 4 unspecified atom stereocenters. The van der Waals surface area contributed by atoms with Gasteiger partial charge in [0.1, 0.15) is 18.1 Å². The highest BCUT2D eigenvalue weighted by atomic mass is 32.1. The van der Waals surface area contributed by atoms with Crippen LogP contribution in [0.3, 0.4) is 0 Å². The summed E-state index contributed by atoms with van der Waals surface area (Å²) < 4.78 is 0. The van der Waals surface area contributed by atoms with Crippen LogP contribution in [0.5, 0.6) is 0 Å². The van der Waals surface area contributed by atoms with Crippen molar-refractivity contribution in [1.82, 2.24) is 25.9 Å². The van der Waals surface area contributed by atoms with Gasteiger partial charge in [0.15, 0.2) is 0 Å². The molecule has 0 aliphatic rings. The van der Waals surface area contributed by atoms with Gasteiger partial charge in [-0.1, -0.05) is 30.3 Å². The zero-order valence-corrected chi connectivity index (χ0v) is 20.7. The zero-order chi connectivity index (χ0) is 27.4. The van der Waals surface area contributed by atoms with E-state index in [0.717, 1.165) is 0 Å². The van der Waals surface area contributed by atoms with Gasteiger partial charge in [0.2, 0.25) is 17.7 Å². The van der Waals surface area contributed by atoms with Crippen LogP contribution < -0.4 is 21.7 Å². The van der Waals surface area contributed by atoms with Crippen molar-refractivity contribution < 1.29 is 34.2 Å². The Morgan fingerprint density at radius 2 is 1.51 bits per heavy atom. The van der Waals surface area contributed by atoms with Gasteiger partial charge in [0.25, 0.3) is 0 Å². The topological polar surface area (TPSA) is 217 Å². The molecule has 0 saturated heterocycles. The van der Waals surface area contributed by atoms with Crippen molar-refractivity contribution in [2.75, 3.05) is 5.75 Å². The molecule has 0 radical (unpaired) electrons. The third-order valence-electron chi connectivity index (χ3n) is 5.32. The van der Waals surface area contributed by atoms with E-state index in [4.69, 9.17) is 10.8 Å². The lowest BCUT2D eigenvalue weighted by molar-refractivity contribution is -0.143. The van der Waals surface area contributed by atoms with E-state index in [1.54, 1.807) is 30.3 Å². The number of hydrogen-bond acceptors (Lipinski definition) is 8. The summed E-state index contributed by atoms with van der Waals surface area (Å²) in [5, 5.41) is 25.7. The maximum atomic E-state index is 13.3. The maximum absolute atomic E-state index is 13.3. The molecule has 1 aromatic heterocycles. The van der Waals surface area contributed by atoms with Crippen molar-refractivity contribution in [2.45, 2.75) is 49.9 Å². The number of H-pyrrole nitrogens is 1. The maximum Gasteiger partial charge on any atom is 0.326 e. The normalized spacial score (nSPS) is 14.0. The molecule has 13 nitrogen and oxygen atoms in total. The summed E-state index contributed by atoms with van der Waals surface area (Å²) in [5.74, 6) is -4.76. The number of amides is 3. The van der Waals surface area contributed by atoms with Crippen LogP contribution in [0.4, 0.5) is 0 Å². The van der Waals surface area contributed by atoms with Gasteiger partial charge in [-0.15, -0.1) is 0 Å². The predicted molar refractivity (Wildman–Crippen MR) is 135 cm³/mol. The summed E-state index contributed by atoms with van der Waals surface area (Å²) in [6.07, 6.45) is 2.07. The number of carboxylic acids is 2. The van der Waals surface area contributed by atoms with E-state index < -0.39 is 60.2 Å². The molecule has 1 heterocycles. The number of carbonyl (C=O) groups excluding carboxylic acids is 3. The third kappa shape index (κ3) is 9.93. The van der Waals surface area contributed by atoms with Gasteiger partial charge in [-0.25, -0.2) is 9.78 Å². The van der Waals surface area contributed by atoms with E-state index >= 15 is 0 Å². The molecule has 14 heteroatoms. The fourth-order valence-corrected chi connectivity index (χ4v) is 3.48. The fourth-order valence-electron chi connectivity index (χ4n) is 3.32. The van der Waals surface area contributed by atoms with Crippen LogP contribution in [0, 0.1) is 0 Å². The van der Waals surface area contributed by atoms with E-state index in [0.29, 0.717) is 11.3 Å². The first-order valence-electron chi connectivity index (χ1n) is 11.3. The number of hydrogen-bond donors (Lipinski definition) is 8. The van der Waals surface area contributed by atoms with Gasteiger partial charge in [0.05, 0.1) is 12.4 Å². The Morgan fingerprint density at radius 3 is 2.05 bits per heavy atom. The quantitative estimate of drug-likeness (QED) is 0.129. The summed E-state index contributed by atoms with van der Waals surface area (Å²) in [5.41, 5.74) is 6.92. The van der Waals surface area contributed by atoms with Gasteiger partial charge >= 0.3 is 11.9 Å². The van der Waals surface area contributed by atoms with Crippen molar-refractivity contribution in [3.63, 3.8) is 0 Å². The zero-order valence-electron chi connectivity index (χ0n) is 19.8. The molecule has 200 valence electrons. The van der Waals surface area contributed by atoms with Gasteiger partial charge in [-0.3, -0.25) is 19.2 Å². The standard InChI is InChI=1S/C23H30N6O7S/c24-15(11-37)20(32)28-18(9-14-10-25-12-26-14)22(34)29-17(8-13-4-2-1-3-5-13)21(33)27-16(23(35)36)6-7-19(30)31/h1-5,10,12,15-18,37H,6-9,11,24H2,(H,25,26)(H,27,33)(H,28,32)(H,29,34)(H,30,31)(H,35,36). The highest BCUT2D eigenvalue weighted by Crippen LogP contribution is 2.07. The molecular weight excluding hydrogens is 504 g/mol. The molecule has 8 N–H and O–H groups in total. The number of imidazole rings is 1. The van der Waals surface area contributed by atoms with Gasteiger partial charge in [-0.05, 0) is 12.0 Å². The minimum Gasteiger partial charge on any atom is -0.481 e. The first-order chi connectivity index (χ1) is 17.6. The molecule has 1 aromatic carbocycles. The molecule has 0 bridgehead atoms. The smallest absolute Gasteiger partial charge is 0.326 e. The number of thiol groups is 1. The van der Waals surface area contributed by atoms with E-state index in [2.05, 4.69) is 38.5 Å². The van der Waals surface area contributed by atoms with E-state index in [1.165, 1.54) is 12.5 Å². The number of aromatic nitrogens is 2. The van der Waals surface area contributed by atoms with Crippen LogP contribution in [0.15, 0.2) is 42.9 Å². The lowest BCUT2D eigenvalue weighted by Crippen LogP contribution is -2.58. The molecule has 2 aromatic rings. The molecule has 0 aliphatic carbocycles. The van der Waals surface area contributed by atoms with Crippen LogP contribution in [0.2, 0.25) is 0 Å². The predicted octanol–water partition coefficient (Wildman–Crippen LogP) is -1.14. The van der Waals surface area contributed by atoms with Gasteiger partial charge < -0.3 is 36.9 Å². The highest BCUT2D eigenvalue weighted by molar-refractivity contribution is 7.80. The number of aliphatic carboxylic acids is 2. The monoisotopic (exact) mass is 534 g/mol. The Balaban J connectivity index is 2.25. The van der Waals surface area contributed by atoms with Crippen LogP contribution in [0.1, 0.15) is 24.1 Å². The van der Waals surface area contributed by atoms with Crippen LogP contribution in [-0.2, 0) is 36.8 Å². The van der Waals surface area contributed by atoms with Gasteiger partial charge in [-0.2, -0.15) is 12.6 Å². The number of nitrogens with two attached hydrogens (primary N) is 1. The number of aromatic amines is 1. The third-order valence-corrected chi connectivity index (χ3v) is 5.72. The number of carboxylic acid groups (broad SMARTS) is 2. The average Bonchev–Trinajstić information content (AvgIpc) is 3.38. The van der Waals surface area contributed by atoms with Crippen molar-refractivity contribution in [3.05, 3.63) is 54.1 Å². The molecule has 4 atom stereocenters. The number of nitrogens with one attached hydrogen (secondary N) is 4. The molecule has 0 spiro atoms. The number of carbonyl (C=O) groups is 5. The average molecular weight is 535 g/mol. The SMILES string of the molecule is NC(CS)C(=O)NC(Cc1cnc[nH]1)C(=O)NC(Cc1ccccc1)C(=O)NC(CCC(=O)O)C(=O)O. The number of rotatable bonds is 15. The summed E-state index contributed by atoms with van der Waals surface area (Å²) in [6.45, 7) is 0. The van der Waals surface area contributed by atoms with Crippen LogP contribution >= 0.6 is 12.6 Å². The first kappa shape index (κ1) is 29.3. The Kier molecular flexibility index (Phi) is 11.6. The highest BCUT2D eigenvalue weighted by Gasteiger charge is 2.31. The van der Waals surface area contributed by atoms with E-state index in [1.807, 2.05) is 0 Å². The summed E-state index contributed by atoms with van der Waals surface area (Å²) >= 11 is 3.99. The molecule has 0 fully saturated rings. The first-order valence-corrected chi connectivity index (χ1v) is 12.0. The minimum absolute atomic E-state index is 0.00452. The van der Waals surface area contributed by atoms with Crippen molar-refractivity contribution in [1.29, 1.82) is 0 Å². The van der Waals surface area contributed by atoms with Gasteiger partial charge in [0, 0.05) is 36.9 Å². The Labute approximate surface area is 218 Å². The molecule has 37 heavy (non-hydrogen) atoms. The lowest BCUT2D eigenvalue weighted by atomic mass is 10.0. The summed E-state index contributed by atoms with van der Waals surface area (Å²) in [7, 11) is 0. The second kappa shape index (κ2) is 14.6. The lowest BCUT2D eigenvalue weighted by Gasteiger charge is -2.25. The van der Waals surface area contributed by atoms with Crippen molar-refractivity contribution in [3.8, 4) is 0 Å². The second-order valence-electron chi connectivity index (χ2n) is 8.21.